The van der Waals surface area contributed by atoms with E-state index >= 15 is 0 Å². The summed E-state index contributed by atoms with van der Waals surface area (Å²) in [6.45, 7) is 11.8. The zero-order valence-electron chi connectivity index (χ0n) is 16.1. The molecule has 0 bridgehead atoms. The summed E-state index contributed by atoms with van der Waals surface area (Å²) in [6.07, 6.45) is 0. The number of hydrogen-bond donors (Lipinski definition) is 2. The van der Waals surface area contributed by atoms with E-state index in [1.165, 1.54) is 0 Å². The second kappa shape index (κ2) is 9.97. The molecular weight excluding hydrogens is 356 g/mol. The largest absolute Gasteiger partial charge is 0.487 e. The second-order valence-electron chi connectivity index (χ2n) is 6.39. The van der Waals surface area contributed by atoms with Gasteiger partial charge in [-0.1, -0.05) is 37.4 Å². The Labute approximate surface area is 164 Å². The summed E-state index contributed by atoms with van der Waals surface area (Å²) in [4.78, 5) is 24.7. The van der Waals surface area contributed by atoms with E-state index in [4.69, 9.17) is 9.47 Å². The highest BCUT2D eigenvalue weighted by Gasteiger charge is 2.17. The minimum absolute atomic E-state index is 0.312. The molecule has 0 saturated heterocycles. The summed E-state index contributed by atoms with van der Waals surface area (Å²) < 4.78 is 11.2. The Morgan fingerprint density at radius 2 is 1.11 bits per heavy atom. The number of nitrogens with one attached hydrogen (secondary N) is 2. The minimum Gasteiger partial charge on any atom is -0.487 e. The monoisotopic (exact) mass is 380 g/mol. The molecule has 0 radical (unpaired) electrons. The van der Waals surface area contributed by atoms with Crippen LogP contribution in [0.1, 0.15) is 13.8 Å². The van der Waals surface area contributed by atoms with Crippen molar-refractivity contribution < 1.29 is 19.1 Å². The summed E-state index contributed by atoms with van der Waals surface area (Å²) in [5.41, 5.74) is 2.47. The van der Waals surface area contributed by atoms with Gasteiger partial charge in [-0.3, -0.25) is 9.59 Å². The van der Waals surface area contributed by atoms with Gasteiger partial charge in [-0.25, -0.2) is 0 Å². The molecule has 0 aliphatic rings. The third kappa shape index (κ3) is 6.32. The summed E-state index contributed by atoms with van der Waals surface area (Å²) >= 11 is 0. The molecule has 2 aromatic rings. The Balaban J connectivity index is 2.06. The van der Waals surface area contributed by atoms with Crippen molar-refractivity contribution in [3.05, 3.63) is 72.8 Å². The molecule has 6 heteroatoms. The third-order valence-electron chi connectivity index (χ3n) is 3.42. The van der Waals surface area contributed by atoms with E-state index in [2.05, 4.69) is 23.8 Å². The van der Waals surface area contributed by atoms with Crippen molar-refractivity contribution in [2.75, 3.05) is 23.8 Å². The van der Waals surface area contributed by atoms with Gasteiger partial charge in [0.25, 0.3) is 0 Å². The SMILES string of the molecule is C=C(C)COc1ccccc1NC(=O)C(=O)Nc1ccccc1OCC(=C)C. The lowest BCUT2D eigenvalue weighted by Gasteiger charge is -2.14. The van der Waals surface area contributed by atoms with E-state index in [9.17, 15) is 9.59 Å². The Kier molecular flexibility index (Phi) is 7.39. The summed E-state index contributed by atoms with van der Waals surface area (Å²) in [7, 11) is 0. The number of benzene rings is 2. The van der Waals surface area contributed by atoms with E-state index < -0.39 is 11.8 Å². The molecule has 0 aliphatic carbocycles. The molecule has 0 spiro atoms. The second-order valence-corrected chi connectivity index (χ2v) is 6.39. The van der Waals surface area contributed by atoms with Crippen LogP contribution in [0.15, 0.2) is 72.8 Å². The predicted octanol–water partition coefficient (Wildman–Crippen LogP) is 4.17. The van der Waals surface area contributed by atoms with E-state index in [1.807, 2.05) is 13.8 Å². The van der Waals surface area contributed by atoms with Crippen LogP contribution in [0.2, 0.25) is 0 Å². The number of anilines is 2. The number of hydrogen-bond acceptors (Lipinski definition) is 4. The lowest BCUT2D eigenvalue weighted by molar-refractivity contribution is -0.133. The molecule has 0 atom stereocenters. The zero-order chi connectivity index (χ0) is 20.5. The van der Waals surface area contributed by atoms with Gasteiger partial charge in [0.15, 0.2) is 0 Å². The average molecular weight is 380 g/mol. The first-order valence-corrected chi connectivity index (χ1v) is 8.71. The van der Waals surface area contributed by atoms with Crippen LogP contribution in [-0.2, 0) is 9.59 Å². The highest BCUT2D eigenvalue weighted by molar-refractivity contribution is 6.43. The first kappa shape index (κ1) is 20.8. The Hall–Kier alpha value is -3.54. The molecule has 2 rings (SSSR count). The van der Waals surface area contributed by atoms with Crippen LogP contribution in [0.25, 0.3) is 0 Å². The number of amides is 2. The van der Waals surface area contributed by atoms with Crippen LogP contribution in [0, 0.1) is 0 Å². The molecule has 0 heterocycles. The predicted molar refractivity (Wildman–Crippen MR) is 111 cm³/mol. The highest BCUT2D eigenvalue weighted by Crippen LogP contribution is 2.26. The van der Waals surface area contributed by atoms with E-state index in [0.717, 1.165) is 11.1 Å². The first-order valence-electron chi connectivity index (χ1n) is 8.71. The van der Waals surface area contributed by atoms with Gasteiger partial charge in [0.05, 0.1) is 11.4 Å². The van der Waals surface area contributed by atoms with Crippen molar-refractivity contribution in [3.8, 4) is 11.5 Å². The van der Waals surface area contributed by atoms with Gasteiger partial charge < -0.3 is 20.1 Å². The molecule has 0 aromatic heterocycles. The van der Waals surface area contributed by atoms with Gasteiger partial charge in [-0.15, -0.1) is 0 Å². The van der Waals surface area contributed by atoms with Gasteiger partial charge in [-0.2, -0.15) is 0 Å². The number of carbonyl (C=O) groups is 2. The normalized spacial score (nSPS) is 9.93. The fourth-order valence-corrected chi connectivity index (χ4v) is 2.15. The fraction of sp³-hybridized carbons (Fsp3) is 0.182. The highest BCUT2D eigenvalue weighted by atomic mass is 16.5. The smallest absolute Gasteiger partial charge is 0.314 e. The van der Waals surface area contributed by atoms with Gasteiger partial charge in [0, 0.05) is 0 Å². The molecule has 2 aromatic carbocycles. The Morgan fingerprint density at radius 1 is 0.750 bits per heavy atom. The van der Waals surface area contributed by atoms with Crippen molar-refractivity contribution in [3.63, 3.8) is 0 Å². The number of rotatable bonds is 8. The van der Waals surface area contributed by atoms with E-state index in [-0.39, 0.29) is 0 Å². The fourth-order valence-electron chi connectivity index (χ4n) is 2.15. The molecule has 0 fully saturated rings. The van der Waals surface area contributed by atoms with Crippen LogP contribution in [-0.4, -0.2) is 25.0 Å². The van der Waals surface area contributed by atoms with Gasteiger partial charge in [-0.05, 0) is 49.3 Å². The van der Waals surface area contributed by atoms with Crippen LogP contribution < -0.4 is 20.1 Å². The van der Waals surface area contributed by atoms with Crippen molar-refractivity contribution >= 4 is 23.2 Å². The Morgan fingerprint density at radius 3 is 1.46 bits per heavy atom. The van der Waals surface area contributed by atoms with Crippen molar-refractivity contribution in [1.82, 2.24) is 0 Å². The molecule has 0 saturated carbocycles. The van der Waals surface area contributed by atoms with Crippen molar-refractivity contribution in [2.24, 2.45) is 0 Å². The van der Waals surface area contributed by atoms with Crippen molar-refractivity contribution in [1.29, 1.82) is 0 Å². The van der Waals surface area contributed by atoms with Gasteiger partial charge >= 0.3 is 11.8 Å². The molecule has 0 aliphatic heterocycles. The molecular formula is C22H24N2O4. The lowest BCUT2D eigenvalue weighted by atomic mass is 10.2. The zero-order valence-corrected chi connectivity index (χ0v) is 16.1. The van der Waals surface area contributed by atoms with Gasteiger partial charge in [0.1, 0.15) is 24.7 Å². The topological polar surface area (TPSA) is 76.7 Å². The lowest BCUT2D eigenvalue weighted by Crippen LogP contribution is -2.29. The van der Waals surface area contributed by atoms with Crippen molar-refractivity contribution in [2.45, 2.75) is 13.8 Å². The quantitative estimate of drug-likeness (QED) is 0.532. The van der Waals surface area contributed by atoms with Crippen LogP contribution in [0.5, 0.6) is 11.5 Å². The molecule has 2 N–H and O–H groups in total. The Bertz CT molecular complexity index is 816. The number of ether oxygens (including phenoxy) is 2. The molecule has 2 amide bonds. The van der Waals surface area contributed by atoms with Gasteiger partial charge in [0.2, 0.25) is 0 Å². The van der Waals surface area contributed by atoms with E-state index in [0.29, 0.717) is 36.1 Å². The molecule has 6 nitrogen and oxygen atoms in total. The maximum atomic E-state index is 12.3. The maximum absolute atomic E-state index is 12.3. The van der Waals surface area contributed by atoms with Crippen LogP contribution >= 0.6 is 0 Å². The number of carbonyl (C=O) groups excluding carboxylic acids is 2. The maximum Gasteiger partial charge on any atom is 0.314 e. The standard InChI is InChI=1S/C22H24N2O4/c1-15(2)13-27-19-11-7-5-9-17(19)23-21(25)22(26)24-18-10-6-8-12-20(18)28-14-16(3)4/h5-12H,1,3,13-14H2,2,4H3,(H,23,25)(H,24,26). The molecule has 28 heavy (non-hydrogen) atoms. The van der Waals surface area contributed by atoms with Crippen LogP contribution in [0.4, 0.5) is 11.4 Å². The van der Waals surface area contributed by atoms with E-state index in [1.54, 1.807) is 48.5 Å². The first-order chi connectivity index (χ1) is 13.4. The average Bonchev–Trinajstić information content (AvgIpc) is 2.66. The summed E-state index contributed by atoms with van der Waals surface area (Å²) in [5.74, 6) is -0.726. The summed E-state index contributed by atoms with van der Waals surface area (Å²) in [5, 5.41) is 5.13. The minimum atomic E-state index is -0.818. The number of para-hydroxylation sites is 4. The third-order valence-corrected chi connectivity index (χ3v) is 3.42. The van der Waals surface area contributed by atoms with Crippen LogP contribution in [0.3, 0.4) is 0 Å². The molecule has 146 valence electrons. The summed E-state index contributed by atoms with van der Waals surface area (Å²) in [6, 6.07) is 13.8. The molecule has 0 unspecified atom stereocenters.